The summed E-state index contributed by atoms with van der Waals surface area (Å²) in [7, 11) is 3.93. The molecule has 0 saturated heterocycles. The van der Waals surface area contributed by atoms with E-state index in [1.165, 1.54) is 6.38 Å². The highest BCUT2D eigenvalue weighted by molar-refractivity contribution is 6.15. The topological polar surface area (TPSA) is 61.7 Å². The second-order valence-corrected chi connectivity index (χ2v) is 4.36. The van der Waals surface area contributed by atoms with Gasteiger partial charge in [-0.2, -0.15) is 5.10 Å². The predicted octanol–water partition coefficient (Wildman–Crippen LogP) is 2.29. The molecule has 0 unspecified atom stereocenters. The molecule has 3 aromatic rings. The van der Waals surface area contributed by atoms with Gasteiger partial charge in [-0.1, -0.05) is 0 Å². The first kappa shape index (κ1) is 14.6. The van der Waals surface area contributed by atoms with E-state index in [1.807, 2.05) is 37.1 Å². The van der Waals surface area contributed by atoms with E-state index in [0.29, 0.717) is 6.54 Å². The molecule has 3 heterocycles. The molecule has 3 rings (SSSR count). The second-order valence-electron chi connectivity index (χ2n) is 4.36. The van der Waals surface area contributed by atoms with Crippen LogP contribution < -0.4 is 5.73 Å². The fourth-order valence-electron chi connectivity index (χ4n) is 2.24. The van der Waals surface area contributed by atoms with E-state index in [-0.39, 0.29) is 0 Å². The normalized spacial score (nSPS) is 10.4. The zero-order chi connectivity index (χ0) is 14.7. The molecule has 5 nitrogen and oxygen atoms in total. The number of hydrogen-bond acceptors (Lipinski definition) is 3. The van der Waals surface area contributed by atoms with Crippen molar-refractivity contribution < 1.29 is 0 Å². The summed E-state index contributed by atoms with van der Waals surface area (Å²) in [5.74, 6) is 0. The zero-order valence-corrected chi connectivity index (χ0v) is 12.6. The second kappa shape index (κ2) is 6.07. The van der Waals surface area contributed by atoms with Crippen molar-refractivity contribution in [1.82, 2.24) is 19.3 Å². The van der Waals surface area contributed by atoms with Gasteiger partial charge in [0.25, 0.3) is 0 Å². The van der Waals surface area contributed by atoms with Crippen molar-refractivity contribution in [2.24, 2.45) is 19.8 Å². The van der Waals surface area contributed by atoms with Gasteiger partial charge in [0.05, 0.1) is 22.4 Å². The summed E-state index contributed by atoms with van der Waals surface area (Å²) in [5, 5.41) is 4.20. The van der Waals surface area contributed by atoms with Gasteiger partial charge in [-0.25, -0.2) is 4.98 Å². The molecule has 0 aromatic carbocycles. The number of halogens is 1. The van der Waals surface area contributed by atoms with Gasteiger partial charge in [0.15, 0.2) is 0 Å². The van der Waals surface area contributed by atoms with E-state index < -0.39 is 0 Å². The molecule has 2 N–H and O–H groups in total. The molecule has 0 bridgehead atoms. The lowest BCUT2D eigenvalue weighted by Gasteiger charge is -2.08. The number of alkyl halides is 1. The van der Waals surface area contributed by atoms with Gasteiger partial charge in [-0.05, 0) is 18.2 Å². The molecule has 6 heteroatoms. The SMILES string of the molecule is CCl.Cn1nccc1-c1cc2c(ccn2C)nc1CN. The van der Waals surface area contributed by atoms with Crippen molar-refractivity contribution in [2.75, 3.05) is 6.38 Å². The fraction of sp³-hybridized carbons (Fsp3) is 0.286. The van der Waals surface area contributed by atoms with Crippen LogP contribution in [0.15, 0.2) is 30.6 Å². The molecule has 20 heavy (non-hydrogen) atoms. The summed E-state index contributed by atoms with van der Waals surface area (Å²) in [5.41, 5.74) is 10.9. The van der Waals surface area contributed by atoms with Gasteiger partial charge in [-0.3, -0.25) is 4.68 Å². The number of aromatic nitrogens is 4. The smallest absolute Gasteiger partial charge is 0.0885 e. The van der Waals surface area contributed by atoms with Crippen LogP contribution in [0.2, 0.25) is 0 Å². The Bertz CT molecular complexity index is 713. The Morgan fingerprint density at radius 3 is 2.60 bits per heavy atom. The Labute approximate surface area is 123 Å². The third-order valence-electron chi connectivity index (χ3n) is 3.24. The maximum absolute atomic E-state index is 5.81. The molecule has 0 radical (unpaired) electrons. The summed E-state index contributed by atoms with van der Waals surface area (Å²) in [4.78, 5) is 4.62. The van der Waals surface area contributed by atoms with Crippen LogP contribution in [0.4, 0.5) is 0 Å². The first-order valence-electron chi connectivity index (χ1n) is 6.22. The van der Waals surface area contributed by atoms with Crippen LogP contribution >= 0.6 is 11.6 Å². The van der Waals surface area contributed by atoms with Crippen molar-refractivity contribution in [3.8, 4) is 11.3 Å². The molecule has 0 aliphatic rings. The summed E-state index contributed by atoms with van der Waals surface area (Å²) >= 11 is 4.64. The molecule has 0 spiro atoms. The maximum atomic E-state index is 5.81. The fourth-order valence-corrected chi connectivity index (χ4v) is 2.24. The van der Waals surface area contributed by atoms with E-state index in [9.17, 15) is 0 Å². The minimum atomic E-state index is 0.422. The maximum Gasteiger partial charge on any atom is 0.0885 e. The average Bonchev–Trinajstić information content (AvgIpc) is 3.06. The largest absolute Gasteiger partial charge is 0.349 e. The van der Waals surface area contributed by atoms with Gasteiger partial charge < -0.3 is 10.3 Å². The Kier molecular flexibility index (Phi) is 4.42. The van der Waals surface area contributed by atoms with Gasteiger partial charge in [0.2, 0.25) is 0 Å². The van der Waals surface area contributed by atoms with E-state index in [2.05, 4.69) is 32.3 Å². The summed E-state index contributed by atoms with van der Waals surface area (Å²) < 4.78 is 3.90. The lowest BCUT2D eigenvalue weighted by Crippen LogP contribution is -2.05. The molecule has 0 aliphatic heterocycles. The van der Waals surface area contributed by atoms with E-state index >= 15 is 0 Å². The summed E-state index contributed by atoms with van der Waals surface area (Å²) in [6.45, 7) is 0.422. The number of rotatable bonds is 2. The number of nitrogens with two attached hydrogens (primary N) is 1. The number of aryl methyl sites for hydroxylation is 2. The standard InChI is InChI=1S/C13H15N5.CH3Cl/c1-17-6-4-10-13(17)7-9(11(8-14)16-10)12-3-5-15-18(12)2;1-2/h3-7H,8,14H2,1-2H3;1H3. The first-order chi connectivity index (χ1) is 9.70. The molecular weight excluding hydrogens is 274 g/mol. The molecule has 0 fully saturated rings. The monoisotopic (exact) mass is 291 g/mol. The highest BCUT2D eigenvalue weighted by atomic mass is 35.5. The Hall–Kier alpha value is -1.85. The Balaban J connectivity index is 0.000000704. The average molecular weight is 292 g/mol. The van der Waals surface area contributed by atoms with E-state index in [4.69, 9.17) is 5.73 Å². The van der Waals surface area contributed by atoms with Crippen LogP contribution in [-0.4, -0.2) is 25.7 Å². The molecule has 106 valence electrons. The third-order valence-corrected chi connectivity index (χ3v) is 3.24. The molecule has 0 atom stereocenters. The van der Waals surface area contributed by atoms with Gasteiger partial charge in [0.1, 0.15) is 0 Å². The highest BCUT2D eigenvalue weighted by Crippen LogP contribution is 2.26. The number of nitrogens with zero attached hydrogens (tertiary/aromatic N) is 4. The molecular formula is C14H18ClN5. The summed E-state index contributed by atoms with van der Waals surface area (Å²) in [6, 6.07) is 6.11. The third kappa shape index (κ3) is 2.42. The van der Waals surface area contributed by atoms with Crippen LogP contribution in [0.1, 0.15) is 5.69 Å². The van der Waals surface area contributed by atoms with Crippen LogP contribution in [0.3, 0.4) is 0 Å². The molecule has 3 aromatic heterocycles. The lowest BCUT2D eigenvalue weighted by molar-refractivity contribution is 0.773. The predicted molar refractivity (Wildman–Crippen MR) is 82.6 cm³/mol. The van der Waals surface area contributed by atoms with E-state index in [1.54, 1.807) is 6.20 Å². The van der Waals surface area contributed by atoms with E-state index in [0.717, 1.165) is 28.0 Å². The molecule has 0 saturated carbocycles. The van der Waals surface area contributed by atoms with Crippen LogP contribution in [0, 0.1) is 0 Å². The minimum absolute atomic E-state index is 0.422. The van der Waals surface area contributed by atoms with Gasteiger partial charge in [0, 0.05) is 45.0 Å². The molecule has 0 amide bonds. The quantitative estimate of drug-likeness (QED) is 0.737. The van der Waals surface area contributed by atoms with Crippen LogP contribution in [0.25, 0.3) is 22.3 Å². The van der Waals surface area contributed by atoms with Crippen molar-refractivity contribution in [2.45, 2.75) is 6.54 Å². The Morgan fingerprint density at radius 1 is 1.25 bits per heavy atom. The van der Waals surface area contributed by atoms with Crippen LogP contribution in [-0.2, 0) is 20.6 Å². The number of pyridine rings is 1. The first-order valence-corrected chi connectivity index (χ1v) is 6.97. The lowest BCUT2D eigenvalue weighted by atomic mass is 10.1. The highest BCUT2D eigenvalue weighted by Gasteiger charge is 2.12. The van der Waals surface area contributed by atoms with Crippen molar-refractivity contribution in [3.05, 3.63) is 36.3 Å². The van der Waals surface area contributed by atoms with Gasteiger partial charge in [-0.15, -0.1) is 11.6 Å². The van der Waals surface area contributed by atoms with Crippen molar-refractivity contribution >= 4 is 22.6 Å². The summed E-state index contributed by atoms with van der Waals surface area (Å²) in [6.07, 6.45) is 5.26. The zero-order valence-electron chi connectivity index (χ0n) is 11.8. The van der Waals surface area contributed by atoms with Crippen molar-refractivity contribution in [1.29, 1.82) is 0 Å². The minimum Gasteiger partial charge on any atom is -0.349 e. The Morgan fingerprint density at radius 2 is 2.00 bits per heavy atom. The number of fused-ring (bicyclic) bond motifs is 1. The van der Waals surface area contributed by atoms with Gasteiger partial charge >= 0.3 is 0 Å². The van der Waals surface area contributed by atoms with Crippen LogP contribution in [0.5, 0.6) is 0 Å². The number of hydrogen-bond donors (Lipinski definition) is 1. The molecule has 0 aliphatic carbocycles. The van der Waals surface area contributed by atoms with Crippen molar-refractivity contribution in [3.63, 3.8) is 0 Å².